The Balaban J connectivity index is 1.26. The smallest absolute Gasteiger partial charge is 0.255 e. The molecule has 1 saturated carbocycles. The minimum absolute atomic E-state index is 0.145. The first-order valence-electron chi connectivity index (χ1n) is 11.2. The van der Waals surface area contributed by atoms with Crippen LogP contribution in [-0.4, -0.2) is 58.3 Å². The molecule has 5 rings (SSSR count). The second-order valence-electron chi connectivity index (χ2n) is 9.17. The Morgan fingerprint density at radius 3 is 2.63 bits per heavy atom. The maximum atomic E-state index is 12.8. The van der Waals surface area contributed by atoms with Gasteiger partial charge in [0.05, 0.1) is 0 Å². The van der Waals surface area contributed by atoms with Gasteiger partial charge in [-0.1, -0.05) is 6.42 Å². The molecular weight excluding hydrogens is 382 g/mol. The van der Waals surface area contributed by atoms with Crippen molar-refractivity contribution < 1.29 is 19.1 Å². The standard InChI is InChI=1S/C23H29N3O4/c1-14-5-6-18(13-25(14)16-3-2-4-16)30-17-7-8-19-15(11-17)12-26(23(19)29)20-9-10-21(27)24-22(20)28/h7-8,11,14,16,18,20H,2-6,9-10,12-13H2,1H3,(H,24,27,28)/t14-,18+,20?/m0/s1. The lowest BCUT2D eigenvalue weighted by Crippen LogP contribution is -2.53. The van der Waals surface area contributed by atoms with Gasteiger partial charge in [-0.25, -0.2) is 0 Å². The Morgan fingerprint density at radius 2 is 1.90 bits per heavy atom. The number of benzene rings is 1. The number of rotatable bonds is 4. The summed E-state index contributed by atoms with van der Waals surface area (Å²) in [6, 6.07) is 6.39. The molecule has 1 unspecified atom stereocenters. The minimum atomic E-state index is -0.581. The van der Waals surface area contributed by atoms with E-state index in [4.69, 9.17) is 4.74 Å². The molecule has 1 aliphatic carbocycles. The monoisotopic (exact) mass is 411 g/mol. The van der Waals surface area contributed by atoms with Gasteiger partial charge in [0.2, 0.25) is 11.8 Å². The fourth-order valence-electron chi connectivity index (χ4n) is 5.24. The first-order valence-corrected chi connectivity index (χ1v) is 11.2. The molecule has 0 radical (unpaired) electrons. The zero-order chi connectivity index (χ0) is 20.8. The molecule has 7 nitrogen and oxygen atoms in total. The molecule has 3 amide bonds. The second kappa shape index (κ2) is 7.69. The largest absolute Gasteiger partial charge is 0.489 e. The van der Waals surface area contributed by atoms with E-state index in [1.807, 2.05) is 18.2 Å². The van der Waals surface area contributed by atoms with Gasteiger partial charge in [-0.3, -0.25) is 24.6 Å². The van der Waals surface area contributed by atoms with E-state index in [0.717, 1.165) is 30.7 Å². The molecule has 3 atom stereocenters. The number of nitrogens with one attached hydrogen (secondary N) is 1. The first kappa shape index (κ1) is 19.5. The number of piperidine rings is 2. The molecule has 0 spiro atoms. The summed E-state index contributed by atoms with van der Waals surface area (Å²) in [4.78, 5) is 40.6. The highest BCUT2D eigenvalue weighted by Crippen LogP contribution is 2.33. The second-order valence-corrected chi connectivity index (χ2v) is 9.17. The summed E-state index contributed by atoms with van der Waals surface area (Å²) >= 11 is 0. The van der Waals surface area contributed by atoms with Crippen LogP contribution in [0.25, 0.3) is 0 Å². The van der Waals surface area contributed by atoms with E-state index in [0.29, 0.717) is 30.6 Å². The summed E-state index contributed by atoms with van der Waals surface area (Å²) < 4.78 is 6.33. The number of nitrogens with zero attached hydrogens (tertiary/aromatic N) is 2. The molecule has 2 saturated heterocycles. The van der Waals surface area contributed by atoms with Crippen LogP contribution in [0.4, 0.5) is 0 Å². The van der Waals surface area contributed by atoms with Crippen molar-refractivity contribution in [2.75, 3.05) is 6.54 Å². The number of hydrogen-bond donors (Lipinski definition) is 1. The molecule has 1 aromatic carbocycles. The Bertz CT molecular complexity index is 879. The normalized spacial score (nSPS) is 30.1. The predicted octanol–water partition coefficient (Wildman–Crippen LogP) is 2.23. The van der Waals surface area contributed by atoms with E-state index in [9.17, 15) is 14.4 Å². The Hall–Kier alpha value is -2.41. The molecule has 0 bridgehead atoms. The summed E-state index contributed by atoms with van der Waals surface area (Å²) in [5, 5.41) is 2.34. The quantitative estimate of drug-likeness (QED) is 0.769. The van der Waals surface area contributed by atoms with E-state index in [1.54, 1.807) is 4.90 Å². The van der Waals surface area contributed by atoms with Crippen molar-refractivity contribution in [1.82, 2.24) is 15.1 Å². The predicted molar refractivity (Wildman–Crippen MR) is 110 cm³/mol. The number of hydrogen-bond acceptors (Lipinski definition) is 5. The molecule has 30 heavy (non-hydrogen) atoms. The van der Waals surface area contributed by atoms with E-state index < -0.39 is 6.04 Å². The van der Waals surface area contributed by atoms with E-state index >= 15 is 0 Å². The van der Waals surface area contributed by atoms with Crippen LogP contribution in [-0.2, 0) is 16.1 Å². The van der Waals surface area contributed by atoms with Crippen molar-refractivity contribution in [3.05, 3.63) is 29.3 Å². The van der Waals surface area contributed by atoms with Crippen molar-refractivity contribution >= 4 is 17.7 Å². The maximum Gasteiger partial charge on any atom is 0.255 e. The van der Waals surface area contributed by atoms with Gasteiger partial charge in [0.15, 0.2) is 0 Å². The molecule has 3 fully saturated rings. The van der Waals surface area contributed by atoms with Crippen molar-refractivity contribution in [3.63, 3.8) is 0 Å². The molecule has 0 aromatic heterocycles. The van der Waals surface area contributed by atoms with Gasteiger partial charge in [0.25, 0.3) is 5.91 Å². The number of fused-ring (bicyclic) bond motifs is 1. The third-order valence-corrected chi connectivity index (χ3v) is 7.23. The number of carbonyl (C=O) groups is 3. The van der Waals surface area contributed by atoms with Gasteiger partial charge in [0.1, 0.15) is 17.9 Å². The van der Waals surface area contributed by atoms with Gasteiger partial charge in [0, 0.05) is 37.2 Å². The third kappa shape index (κ3) is 3.49. The average molecular weight is 412 g/mol. The molecule has 160 valence electrons. The lowest BCUT2D eigenvalue weighted by Gasteiger charge is -2.46. The van der Waals surface area contributed by atoms with Crippen LogP contribution in [0.2, 0.25) is 0 Å². The van der Waals surface area contributed by atoms with E-state index in [1.165, 1.54) is 19.3 Å². The van der Waals surface area contributed by atoms with Crippen molar-refractivity contribution in [3.8, 4) is 5.75 Å². The number of ether oxygens (including phenoxy) is 1. The summed E-state index contributed by atoms with van der Waals surface area (Å²) in [6.45, 7) is 3.66. The Kier molecular flexibility index (Phi) is 5.01. The highest BCUT2D eigenvalue weighted by atomic mass is 16.5. The van der Waals surface area contributed by atoms with Crippen LogP contribution in [0.1, 0.15) is 67.8 Å². The first-order chi connectivity index (χ1) is 14.5. The summed E-state index contributed by atoms with van der Waals surface area (Å²) in [6.07, 6.45) is 6.94. The molecular formula is C23H29N3O4. The van der Waals surface area contributed by atoms with Crippen LogP contribution in [0.3, 0.4) is 0 Å². The molecule has 1 N–H and O–H groups in total. The Morgan fingerprint density at radius 1 is 1.07 bits per heavy atom. The van der Waals surface area contributed by atoms with E-state index in [-0.39, 0.29) is 30.2 Å². The lowest BCUT2D eigenvalue weighted by molar-refractivity contribution is -0.136. The molecule has 7 heteroatoms. The van der Waals surface area contributed by atoms with Crippen molar-refractivity contribution in [2.24, 2.45) is 0 Å². The topological polar surface area (TPSA) is 79.0 Å². The van der Waals surface area contributed by atoms with Crippen molar-refractivity contribution in [1.29, 1.82) is 0 Å². The fourth-order valence-corrected chi connectivity index (χ4v) is 5.24. The van der Waals surface area contributed by atoms with Crippen LogP contribution in [0.15, 0.2) is 18.2 Å². The number of likely N-dealkylation sites (tertiary alicyclic amines) is 1. The molecule has 4 aliphatic rings. The summed E-state index contributed by atoms with van der Waals surface area (Å²) in [7, 11) is 0. The van der Waals surface area contributed by atoms with Crippen LogP contribution >= 0.6 is 0 Å². The highest BCUT2D eigenvalue weighted by molar-refractivity contribution is 6.05. The Labute approximate surface area is 176 Å². The van der Waals surface area contributed by atoms with E-state index in [2.05, 4.69) is 17.1 Å². The third-order valence-electron chi connectivity index (χ3n) is 7.23. The van der Waals surface area contributed by atoms with Crippen molar-refractivity contribution in [2.45, 2.75) is 82.6 Å². The number of imide groups is 1. The zero-order valence-corrected chi connectivity index (χ0v) is 17.4. The van der Waals surface area contributed by atoms with Crippen LogP contribution in [0.5, 0.6) is 5.75 Å². The lowest BCUT2D eigenvalue weighted by atomic mass is 9.87. The minimum Gasteiger partial charge on any atom is -0.489 e. The summed E-state index contributed by atoms with van der Waals surface area (Å²) in [5.41, 5.74) is 1.52. The average Bonchev–Trinajstić information content (AvgIpc) is 2.99. The van der Waals surface area contributed by atoms with Crippen LogP contribution < -0.4 is 10.1 Å². The highest BCUT2D eigenvalue weighted by Gasteiger charge is 2.39. The molecule has 1 aromatic rings. The van der Waals surface area contributed by atoms with Gasteiger partial charge in [-0.05, 0) is 62.8 Å². The SMILES string of the molecule is C[C@H]1CC[C@@H](Oc2ccc3c(c2)CN(C2CCC(=O)NC2=O)C3=O)CN1C1CCC1. The van der Waals surface area contributed by atoms with Crippen LogP contribution in [0, 0.1) is 0 Å². The fraction of sp³-hybridized carbons (Fsp3) is 0.609. The van der Waals surface area contributed by atoms with Gasteiger partial charge in [-0.15, -0.1) is 0 Å². The zero-order valence-electron chi connectivity index (χ0n) is 17.4. The van der Waals surface area contributed by atoms with Gasteiger partial charge >= 0.3 is 0 Å². The molecule has 3 aliphatic heterocycles. The number of carbonyl (C=O) groups excluding carboxylic acids is 3. The number of amides is 3. The van der Waals surface area contributed by atoms with Gasteiger partial charge < -0.3 is 9.64 Å². The van der Waals surface area contributed by atoms with Gasteiger partial charge in [-0.2, -0.15) is 0 Å². The maximum absolute atomic E-state index is 12.8. The summed E-state index contributed by atoms with van der Waals surface area (Å²) in [5.74, 6) is -0.00128. The molecule has 3 heterocycles.